The number of hydrogen-bond acceptors (Lipinski definition) is 3. The molecule has 3 nitrogen and oxygen atoms in total. The summed E-state index contributed by atoms with van der Waals surface area (Å²) in [5.41, 5.74) is 1.58. The fourth-order valence-electron chi connectivity index (χ4n) is 1.76. The van der Waals surface area contributed by atoms with Crippen LogP contribution in [-0.4, -0.2) is 23.9 Å². The summed E-state index contributed by atoms with van der Waals surface area (Å²) in [6.07, 6.45) is 0.535. The molecule has 0 aliphatic heterocycles. The maximum Gasteiger partial charge on any atom is 0.164 e. The molecule has 0 aliphatic carbocycles. The van der Waals surface area contributed by atoms with Crippen LogP contribution in [-0.2, 0) is 0 Å². The number of carbonyl (C=O) groups is 1. The van der Waals surface area contributed by atoms with Crippen molar-refractivity contribution in [3.63, 3.8) is 0 Å². The standard InChI is InChI=1S/C13H20N2O/c1-5-12(16)11-8-9-13(14-10(11)4)15(6-2)7-3/h8-9H,5-7H2,1-4H3. The molecule has 3 heteroatoms. The highest BCUT2D eigenvalue weighted by atomic mass is 16.1. The summed E-state index contributed by atoms with van der Waals surface area (Å²) < 4.78 is 0. The number of anilines is 1. The SMILES string of the molecule is CCC(=O)c1ccc(N(CC)CC)nc1C. The lowest BCUT2D eigenvalue weighted by Gasteiger charge is -2.20. The van der Waals surface area contributed by atoms with Crippen LogP contribution in [0.5, 0.6) is 0 Å². The molecule has 0 amide bonds. The first-order valence-electron chi connectivity index (χ1n) is 5.89. The Morgan fingerprint density at radius 1 is 1.25 bits per heavy atom. The number of hydrogen-bond donors (Lipinski definition) is 0. The summed E-state index contributed by atoms with van der Waals surface area (Å²) in [5.74, 6) is 1.12. The van der Waals surface area contributed by atoms with E-state index in [9.17, 15) is 4.79 Å². The summed E-state index contributed by atoms with van der Waals surface area (Å²) in [6.45, 7) is 9.85. The lowest BCUT2D eigenvalue weighted by molar-refractivity contribution is 0.0987. The summed E-state index contributed by atoms with van der Waals surface area (Å²) >= 11 is 0. The van der Waals surface area contributed by atoms with Gasteiger partial charge in [0.2, 0.25) is 0 Å². The van der Waals surface area contributed by atoms with Crippen molar-refractivity contribution in [2.45, 2.75) is 34.1 Å². The molecule has 16 heavy (non-hydrogen) atoms. The molecule has 1 rings (SSSR count). The highest BCUT2D eigenvalue weighted by Gasteiger charge is 2.10. The van der Waals surface area contributed by atoms with Gasteiger partial charge >= 0.3 is 0 Å². The van der Waals surface area contributed by atoms with Crippen LogP contribution in [0.4, 0.5) is 5.82 Å². The van der Waals surface area contributed by atoms with E-state index in [-0.39, 0.29) is 5.78 Å². The van der Waals surface area contributed by atoms with Crippen molar-refractivity contribution in [3.8, 4) is 0 Å². The predicted octanol–water partition coefficient (Wildman–Crippen LogP) is 2.83. The van der Waals surface area contributed by atoms with Gasteiger partial charge in [-0.15, -0.1) is 0 Å². The highest BCUT2D eigenvalue weighted by molar-refractivity contribution is 5.96. The molecule has 0 atom stereocenters. The molecule has 1 aromatic rings. The molecule has 1 heterocycles. The number of rotatable bonds is 5. The van der Waals surface area contributed by atoms with Gasteiger partial charge < -0.3 is 4.90 Å². The average Bonchev–Trinajstić information content (AvgIpc) is 2.30. The minimum absolute atomic E-state index is 0.163. The molecule has 88 valence electrons. The first-order chi connectivity index (χ1) is 7.63. The van der Waals surface area contributed by atoms with E-state index in [1.165, 1.54) is 0 Å². The normalized spacial score (nSPS) is 10.2. The summed E-state index contributed by atoms with van der Waals surface area (Å²) in [4.78, 5) is 18.3. The van der Waals surface area contributed by atoms with Crippen LogP contribution in [0.15, 0.2) is 12.1 Å². The molecule has 0 radical (unpaired) electrons. The maximum atomic E-state index is 11.6. The average molecular weight is 220 g/mol. The Kier molecular flexibility index (Phi) is 4.47. The fourth-order valence-corrected chi connectivity index (χ4v) is 1.76. The van der Waals surface area contributed by atoms with E-state index in [0.717, 1.165) is 30.2 Å². The number of ketones is 1. The largest absolute Gasteiger partial charge is 0.357 e. The monoisotopic (exact) mass is 220 g/mol. The lowest BCUT2D eigenvalue weighted by atomic mass is 10.1. The smallest absolute Gasteiger partial charge is 0.164 e. The maximum absolute atomic E-state index is 11.6. The van der Waals surface area contributed by atoms with Gasteiger partial charge in [-0.1, -0.05) is 6.92 Å². The number of aromatic nitrogens is 1. The number of pyridine rings is 1. The quantitative estimate of drug-likeness (QED) is 0.715. The molecular formula is C13H20N2O. The zero-order valence-corrected chi connectivity index (χ0v) is 10.6. The van der Waals surface area contributed by atoms with Crippen molar-refractivity contribution >= 4 is 11.6 Å². The number of aryl methyl sites for hydroxylation is 1. The van der Waals surface area contributed by atoms with E-state index in [0.29, 0.717) is 6.42 Å². The Balaban J connectivity index is 3.03. The van der Waals surface area contributed by atoms with Crippen LogP contribution in [0.3, 0.4) is 0 Å². The third-order valence-corrected chi connectivity index (χ3v) is 2.78. The van der Waals surface area contributed by atoms with Gasteiger partial charge in [0, 0.05) is 25.1 Å². The second kappa shape index (κ2) is 5.64. The van der Waals surface area contributed by atoms with Crippen molar-refractivity contribution in [1.29, 1.82) is 0 Å². The van der Waals surface area contributed by atoms with Crippen LogP contribution >= 0.6 is 0 Å². The topological polar surface area (TPSA) is 33.2 Å². The van der Waals surface area contributed by atoms with Gasteiger partial charge in [0.25, 0.3) is 0 Å². The zero-order chi connectivity index (χ0) is 12.1. The summed E-state index contributed by atoms with van der Waals surface area (Å²) in [6, 6.07) is 3.82. The number of carbonyl (C=O) groups excluding carboxylic acids is 1. The van der Waals surface area contributed by atoms with Crippen molar-refractivity contribution in [2.75, 3.05) is 18.0 Å². The molecule has 0 unspecified atom stereocenters. The summed E-state index contributed by atoms with van der Waals surface area (Å²) in [7, 11) is 0. The van der Waals surface area contributed by atoms with Crippen LogP contribution in [0.2, 0.25) is 0 Å². The Morgan fingerprint density at radius 2 is 1.88 bits per heavy atom. The third kappa shape index (κ3) is 2.60. The number of Topliss-reactive ketones (excluding diaryl/α,β-unsaturated/α-hetero) is 1. The molecule has 0 bridgehead atoms. The predicted molar refractivity (Wildman–Crippen MR) is 67.2 cm³/mol. The Labute approximate surface area is 97.5 Å². The molecule has 0 saturated carbocycles. The van der Waals surface area contributed by atoms with Gasteiger partial charge in [-0.05, 0) is 32.9 Å². The molecule has 0 aliphatic rings. The Bertz CT molecular complexity index is 370. The zero-order valence-electron chi connectivity index (χ0n) is 10.6. The van der Waals surface area contributed by atoms with E-state index in [1.54, 1.807) is 0 Å². The Morgan fingerprint density at radius 3 is 2.31 bits per heavy atom. The molecule has 0 N–H and O–H groups in total. The Hall–Kier alpha value is -1.38. The second-order valence-corrected chi connectivity index (χ2v) is 3.75. The minimum Gasteiger partial charge on any atom is -0.357 e. The van der Waals surface area contributed by atoms with Crippen molar-refractivity contribution < 1.29 is 4.79 Å². The van der Waals surface area contributed by atoms with Gasteiger partial charge in [0.15, 0.2) is 5.78 Å². The lowest BCUT2D eigenvalue weighted by Crippen LogP contribution is -2.23. The summed E-state index contributed by atoms with van der Waals surface area (Å²) in [5, 5.41) is 0. The van der Waals surface area contributed by atoms with E-state index >= 15 is 0 Å². The van der Waals surface area contributed by atoms with Crippen molar-refractivity contribution in [2.24, 2.45) is 0 Å². The third-order valence-electron chi connectivity index (χ3n) is 2.78. The van der Waals surface area contributed by atoms with Gasteiger partial charge in [-0.3, -0.25) is 4.79 Å². The van der Waals surface area contributed by atoms with Crippen LogP contribution < -0.4 is 4.90 Å². The fraction of sp³-hybridized carbons (Fsp3) is 0.538. The van der Waals surface area contributed by atoms with Crippen LogP contribution in [0, 0.1) is 6.92 Å². The molecular weight excluding hydrogens is 200 g/mol. The van der Waals surface area contributed by atoms with Crippen molar-refractivity contribution in [3.05, 3.63) is 23.4 Å². The van der Waals surface area contributed by atoms with Gasteiger partial charge in [0.1, 0.15) is 5.82 Å². The molecule has 1 aromatic heterocycles. The van der Waals surface area contributed by atoms with E-state index in [4.69, 9.17) is 0 Å². The molecule has 0 fully saturated rings. The van der Waals surface area contributed by atoms with Crippen molar-refractivity contribution in [1.82, 2.24) is 4.98 Å². The second-order valence-electron chi connectivity index (χ2n) is 3.75. The van der Waals surface area contributed by atoms with Gasteiger partial charge in [-0.25, -0.2) is 4.98 Å². The highest BCUT2D eigenvalue weighted by Crippen LogP contribution is 2.15. The van der Waals surface area contributed by atoms with Crippen LogP contribution in [0.1, 0.15) is 43.2 Å². The van der Waals surface area contributed by atoms with Gasteiger partial charge in [0.05, 0.1) is 5.69 Å². The first-order valence-corrected chi connectivity index (χ1v) is 5.89. The van der Waals surface area contributed by atoms with E-state index in [2.05, 4.69) is 23.7 Å². The van der Waals surface area contributed by atoms with E-state index in [1.807, 2.05) is 26.0 Å². The van der Waals surface area contributed by atoms with E-state index < -0.39 is 0 Å². The first kappa shape index (κ1) is 12.7. The van der Waals surface area contributed by atoms with Gasteiger partial charge in [-0.2, -0.15) is 0 Å². The molecule has 0 saturated heterocycles. The van der Waals surface area contributed by atoms with Crippen LogP contribution in [0.25, 0.3) is 0 Å². The molecule has 0 aromatic carbocycles. The number of nitrogens with zero attached hydrogens (tertiary/aromatic N) is 2. The minimum atomic E-state index is 0.163. The molecule has 0 spiro atoms.